The van der Waals surface area contributed by atoms with Crippen LogP contribution in [0.15, 0.2) is 12.4 Å². The molecular weight excluding hydrogens is 208 g/mol. The first kappa shape index (κ1) is 14.1. The molecule has 1 rings (SSSR count). The zero-order valence-electron chi connectivity index (χ0n) is 12.1. The fourth-order valence-corrected chi connectivity index (χ4v) is 1.74. The summed E-state index contributed by atoms with van der Waals surface area (Å²) in [5, 5.41) is 0. The van der Waals surface area contributed by atoms with E-state index in [1.807, 2.05) is 12.4 Å². The van der Waals surface area contributed by atoms with Crippen molar-refractivity contribution in [3.63, 3.8) is 0 Å². The number of aromatic nitrogens is 2. The van der Waals surface area contributed by atoms with Crippen molar-refractivity contribution >= 4 is 0 Å². The van der Waals surface area contributed by atoms with Crippen LogP contribution in [0, 0.1) is 17.3 Å². The van der Waals surface area contributed by atoms with Crippen LogP contribution >= 0.6 is 0 Å². The van der Waals surface area contributed by atoms with Gasteiger partial charge in [-0.25, -0.2) is 0 Å². The van der Waals surface area contributed by atoms with Crippen LogP contribution in [-0.4, -0.2) is 9.97 Å². The average Bonchev–Trinajstić information content (AvgIpc) is 2.15. The molecule has 0 saturated carbocycles. The second-order valence-electron chi connectivity index (χ2n) is 6.66. The molecule has 0 aliphatic heterocycles. The lowest BCUT2D eigenvalue weighted by molar-refractivity contribution is 0.399. The highest BCUT2D eigenvalue weighted by atomic mass is 14.8. The van der Waals surface area contributed by atoms with E-state index in [9.17, 15) is 0 Å². The van der Waals surface area contributed by atoms with Crippen LogP contribution in [0.4, 0.5) is 0 Å². The maximum atomic E-state index is 4.72. The predicted octanol–water partition coefficient (Wildman–Crippen LogP) is 3.90. The summed E-state index contributed by atoms with van der Waals surface area (Å²) in [7, 11) is 0. The topological polar surface area (TPSA) is 25.8 Å². The molecule has 1 heterocycles. The minimum absolute atomic E-state index is 0.275. The normalized spacial score (nSPS) is 14.1. The van der Waals surface area contributed by atoms with Gasteiger partial charge >= 0.3 is 0 Å². The third kappa shape index (κ3) is 5.29. The Balaban J connectivity index is 2.72. The zero-order chi connectivity index (χ0) is 13.1. The molecule has 0 aliphatic rings. The van der Waals surface area contributed by atoms with E-state index in [4.69, 9.17) is 4.98 Å². The lowest BCUT2D eigenvalue weighted by Crippen LogP contribution is -2.13. The third-order valence-electron chi connectivity index (χ3n) is 3.11. The Morgan fingerprint density at radius 2 is 1.65 bits per heavy atom. The predicted molar refractivity (Wildman–Crippen MR) is 72.9 cm³/mol. The summed E-state index contributed by atoms with van der Waals surface area (Å²) in [5.74, 6) is 1.36. The number of nitrogens with zero attached hydrogens (tertiary/aromatic N) is 2. The maximum absolute atomic E-state index is 4.72. The van der Waals surface area contributed by atoms with Crippen LogP contribution in [-0.2, 0) is 12.8 Å². The van der Waals surface area contributed by atoms with Gasteiger partial charge in [0, 0.05) is 12.4 Å². The van der Waals surface area contributed by atoms with Crippen molar-refractivity contribution in [2.24, 2.45) is 17.3 Å². The van der Waals surface area contributed by atoms with Gasteiger partial charge in [0.25, 0.3) is 0 Å². The number of rotatable bonds is 4. The lowest BCUT2D eigenvalue weighted by atomic mass is 9.90. The first-order valence-corrected chi connectivity index (χ1v) is 6.58. The maximum Gasteiger partial charge on any atom is 0.0595 e. The van der Waals surface area contributed by atoms with Gasteiger partial charge in [-0.05, 0) is 30.1 Å². The molecule has 1 aromatic heterocycles. The van der Waals surface area contributed by atoms with Gasteiger partial charge < -0.3 is 0 Å². The first-order valence-electron chi connectivity index (χ1n) is 6.58. The van der Waals surface area contributed by atoms with Crippen molar-refractivity contribution in [2.45, 2.75) is 54.4 Å². The SMILES string of the molecule is CC(C)C(C)Cc1cncc(CC(C)(C)C)n1. The van der Waals surface area contributed by atoms with Crippen molar-refractivity contribution in [2.75, 3.05) is 0 Å². The monoisotopic (exact) mass is 234 g/mol. The van der Waals surface area contributed by atoms with Crippen LogP contribution in [0.2, 0.25) is 0 Å². The summed E-state index contributed by atoms with van der Waals surface area (Å²) >= 11 is 0. The molecule has 1 aromatic rings. The molecule has 0 saturated heterocycles. The molecule has 0 spiro atoms. The van der Waals surface area contributed by atoms with E-state index < -0.39 is 0 Å². The molecule has 1 unspecified atom stereocenters. The van der Waals surface area contributed by atoms with Gasteiger partial charge in [-0.15, -0.1) is 0 Å². The summed E-state index contributed by atoms with van der Waals surface area (Å²) < 4.78 is 0. The van der Waals surface area contributed by atoms with E-state index in [2.05, 4.69) is 46.5 Å². The second-order valence-corrected chi connectivity index (χ2v) is 6.66. The molecule has 2 heteroatoms. The quantitative estimate of drug-likeness (QED) is 0.789. The van der Waals surface area contributed by atoms with Gasteiger partial charge in [0.1, 0.15) is 0 Å². The van der Waals surface area contributed by atoms with Gasteiger partial charge in [0.2, 0.25) is 0 Å². The zero-order valence-corrected chi connectivity index (χ0v) is 12.1. The molecule has 0 N–H and O–H groups in total. The third-order valence-corrected chi connectivity index (χ3v) is 3.11. The molecule has 0 fully saturated rings. The summed E-state index contributed by atoms with van der Waals surface area (Å²) in [6, 6.07) is 0. The highest BCUT2D eigenvalue weighted by Gasteiger charge is 2.14. The Morgan fingerprint density at radius 1 is 1.06 bits per heavy atom. The fourth-order valence-electron chi connectivity index (χ4n) is 1.74. The minimum Gasteiger partial charge on any atom is -0.261 e. The minimum atomic E-state index is 0.275. The standard InChI is InChI=1S/C15H26N2/c1-11(2)12(3)7-13-9-16-10-14(17-13)8-15(4,5)6/h9-12H,7-8H2,1-6H3. The molecule has 17 heavy (non-hydrogen) atoms. The van der Waals surface area contributed by atoms with Crippen LogP contribution in [0.1, 0.15) is 52.9 Å². The van der Waals surface area contributed by atoms with Gasteiger partial charge in [0.15, 0.2) is 0 Å². The molecule has 0 radical (unpaired) electrons. The highest BCUT2D eigenvalue weighted by molar-refractivity contribution is 5.05. The number of hydrogen-bond acceptors (Lipinski definition) is 2. The molecule has 96 valence electrons. The summed E-state index contributed by atoms with van der Waals surface area (Å²) in [5.41, 5.74) is 2.52. The highest BCUT2D eigenvalue weighted by Crippen LogP contribution is 2.20. The van der Waals surface area contributed by atoms with E-state index in [1.54, 1.807) is 0 Å². The summed E-state index contributed by atoms with van der Waals surface area (Å²) in [6.07, 6.45) is 5.83. The van der Waals surface area contributed by atoms with Crippen LogP contribution in [0.25, 0.3) is 0 Å². The Bertz CT molecular complexity index is 350. The average molecular weight is 234 g/mol. The molecule has 1 atom stereocenters. The molecule has 2 nitrogen and oxygen atoms in total. The Labute approximate surface area is 106 Å². The number of hydrogen-bond donors (Lipinski definition) is 0. The van der Waals surface area contributed by atoms with E-state index >= 15 is 0 Å². The van der Waals surface area contributed by atoms with E-state index in [0.29, 0.717) is 11.8 Å². The van der Waals surface area contributed by atoms with Gasteiger partial charge in [-0.1, -0.05) is 41.5 Å². The van der Waals surface area contributed by atoms with Crippen molar-refractivity contribution in [3.8, 4) is 0 Å². The molecule has 0 bridgehead atoms. The van der Waals surface area contributed by atoms with E-state index in [-0.39, 0.29) is 5.41 Å². The van der Waals surface area contributed by atoms with E-state index in [1.165, 1.54) is 0 Å². The van der Waals surface area contributed by atoms with Crippen LogP contribution in [0.3, 0.4) is 0 Å². The largest absolute Gasteiger partial charge is 0.261 e. The van der Waals surface area contributed by atoms with Crippen molar-refractivity contribution in [1.82, 2.24) is 9.97 Å². The smallest absolute Gasteiger partial charge is 0.0595 e. The lowest BCUT2D eigenvalue weighted by Gasteiger charge is -2.18. The Hall–Kier alpha value is -0.920. The first-order chi connectivity index (χ1) is 7.78. The van der Waals surface area contributed by atoms with E-state index in [0.717, 1.165) is 24.2 Å². The van der Waals surface area contributed by atoms with Crippen molar-refractivity contribution < 1.29 is 0 Å². The van der Waals surface area contributed by atoms with Crippen LogP contribution < -0.4 is 0 Å². The summed E-state index contributed by atoms with van der Waals surface area (Å²) in [6.45, 7) is 13.5. The molecule has 0 aliphatic carbocycles. The second kappa shape index (κ2) is 5.61. The van der Waals surface area contributed by atoms with Crippen molar-refractivity contribution in [1.29, 1.82) is 0 Å². The van der Waals surface area contributed by atoms with Crippen molar-refractivity contribution in [3.05, 3.63) is 23.8 Å². The van der Waals surface area contributed by atoms with Gasteiger partial charge in [0.05, 0.1) is 11.4 Å². The Kier molecular flexibility index (Phi) is 4.67. The molecule has 0 aromatic carbocycles. The van der Waals surface area contributed by atoms with Crippen LogP contribution in [0.5, 0.6) is 0 Å². The molecular formula is C15H26N2. The molecule has 0 amide bonds. The van der Waals surface area contributed by atoms with Gasteiger partial charge in [-0.2, -0.15) is 0 Å². The van der Waals surface area contributed by atoms with Gasteiger partial charge in [-0.3, -0.25) is 9.97 Å². The fraction of sp³-hybridized carbons (Fsp3) is 0.733. The summed E-state index contributed by atoms with van der Waals surface area (Å²) in [4.78, 5) is 9.04. The Morgan fingerprint density at radius 3 is 2.18 bits per heavy atom.